The summed E-state index contributed by atoms with van der Waals surface area (Å²) in [5, 5.41) is 0. The summed E-state index contributed by atoms with van der Waals surface area (Å²) in [4.78, 5) is 12.2. The first-order valence-corrected chi connectivity index (χ1v) is 9.50. The maximum Gasteiger partial charge on any atom is 0.136 e. The van der Waals surface area contributed by atoms with Crippen molar-refractivity contribution in [3.05, 3.63) is 53.5 Å². The molecule has 1 atom stereocenters. The van der Waals surface area contributed by atoms with Crippen LogP contribution in [0.2, 0.25) is 0 Å². The molecule has 1 unspecified atom stereocenters. The molecule has 0 aromatic carbocycles. The number of pyridine rings is 1. The second-order valence-electron chi connectivity index (χ2n) is 7.44. The summed E-state index contributed by atoms with van der Waals surface area (Å²) in [5.41, 5.74) is 5.12. The Hall–Kier alpha value is -2.14. The number of aryl methyl sites for hydroxylation is 1. The minimum atomic E-state index is 0.435. The molecule has 1 saturated heterocycles. The Kier molecular flexibility index (Phi) is 3.63. The van der Waals surface area contributed by atoms with Gasteiger partial charge in [-0.15, -0.1) is 0 Å². The lowest BCUT2D eigenvalue weighted by molar-refractivity contribution is 0.233. The predicted molar refractivity (Wildman–Crippen MR) is 97.4 cm³/mol. The predicted octanol–water partition coefficient (Wildman–Crippen LogP) is 3.28. The zero-order valence-corrected chi connectivity index (χ0v) is 14.9. The lowest BCUT2D eigenvalue weighted by Gasteiger charge is -2.24. The molecule has 1 aliphatic heterocycles. The normalized spacial score (nSPS) is 21.1. The van der Waals surface area contributed by atoms with Crippen LogP contribution < -0.4 is 0 Å². The van der Waals surface area contributed by atoms with Gasteiger partial charge in [-0.25, -0.2) is 9.97 Å². The van der Waals surface area contributed by atoms with Crippen molar-refractivity contribution in [1.82, 2.24) is 23.8 Å². The van der Waals surface area contributed by atoms with Crippen molar-refractivity contribution < 1.29 is 0 Å². The minimum absolute atomic E-state index is 0.435. The van der Waals surface area contributed by atoms with E-state index in [-0.39, 0.29) is 0 Å². The van der Waals surface area contributed by atoms with Crippen LogP contribution >= 0.6 is 0 Å². The average molecular weight is 335 g/mol. The molecular weight excluding hydrogens is 310 g/mol. The number of nitrogens with zero attached hydrogens (tertiary/aromatic N) is 5. The van der Waals surface area contributed by atoms with Gasteiger partial charge in [0.2, 0.25) is 0 Å². The smallest absolute Gasteiger partial charge is 0.136 e. The number of likely N-dealkylation sites (tertiary alicyclic amines) is 1. The fraction of sp³-hybridized carbons (Fsp3) is 0.500. The van der Waals surface area contributed by atoms with Crippen molar-refractivity contribution in [2.45, 2.75) is 51.1 Å². The summed E-state index contributed by atoms with van der Waals surface area (Å²) in [6, 6.07) is 6.62. The van der Waals surface area contributed by atoms with Crippen LogP contribution in [0.1, 0.15) is 54.6 Å². The van der Waals surface area contributed by atoms with Crippen molar-refractivity contribution in [3.8, 4) is 0 Å². The Bertz CT molecular complexity index is 906. The van der Waals surface area contributed by atoms with E-state index in [4.69, 9.17) is 4.98 Å². The third-order valence-corrected chi connectivity index (χ3v) is 5.93. The Balaban J connectivity index is 1.45. The lowest BCUT2D eigenvalue weighted by atomic mass is 10.0. The lowest BCUT2D eigenvalue weighted by Crippen LogP contribution is -2.25. The quantitative estimate of drug-likeness (QED) is 0.737. The van der Waals surface area contributed by atoms with Crippen LogP contribution in [0.15, 0.2) is 30.6 Å². The van der Waals surface area contributed by atoms with Crippen LogP contribution in [0.25, 0.3) is 5.65 Å². The van der Waals surface area contributed by atoms with Gasteiger partial charge in [-0.2, -0.15) is 0 Å². The van der Waals surface area contributed by atoms with Crippen molar-refractivity contribution in [1.29, 1.82) is 0 Å². The zero-order chi connectivity index (χ0) is 16.8. The van der Waals surface area contributed by atoms with Crippen LogP contribution in [0.3, 0.4) is 0 Å². The molecule has 1 aliphatic carbocycles. The SMILES string of the molecule is Cn1c(C2CCCN2Cc2cnc3ccccn23)nc2c1CCCC2. The first kappa shape index (κ1) is 15.1. The number of imidazole rings is 2. The molecule has 3 aromatic rings. The van der Waals surface area contributed by atoms with Gasteiger partial charge in [0.05, 0.1) is 23.6 Å². The topological polar surface area (TPSA) is 38.4 Å². The molecule has 0 spiro atoms. The fourth-order valence-corrected chi connectivity index (χ4v) is 4.62. The van der Waals surface area contributed by atoms with Crippen molar-refractivity contribution in [2.75, 3.05) is 6.54 Å². The highest BCUT2D eigenvalue weighted by molar-refractivity contribution is 5.39. The molecule has 0 N–H and O–H groups in total. The Morgan fingerprint density at radius 1 is 1.16 bits per heavy atom. The average Bonchev–Trinajstić information content (AvgIpc) is 3.34. The number of hydrogen-bond acceptors (Lipinski definition) is 3. The van der Waals surface area contributed by atoms with Gasteiger partial charge in [0.15, 0.2) is 0 Å². The van der Waals surface area contributed by atoms with Gasteiger partial charge in [0.1, 0.15) is 11.5 Å². The van der Waals surface area contributed by atoms with E-state index in [1.807, 2.05) is 12.3 Å². The summed E-state index contributed by atoms with van der Waals surface area (Å²) in [6.07, 6.45) is 11.5. The van der Waals surface area contributed by atoms with Gasteiger partial charge in [-0.3, -0.25) is 4.90 Å². The number of fused-ring (bicyclic) bond motifs is 2. The molecule has 0 amide bonds. The van der Waals surface area contributed by atoms with Crippen LogP contribution in [-0.2, 0) is 26.4 Å². The molecule has 130 valence electrons. The highest BCUT2D eigenvalue weighted by Crippen LogP contribution is 2.34. The monoisotopic (exact) mass is 335 g/mol. The number of aromatic nitrogens is 4. The second kappa shape index (κ2) is 5.99. The summed E-state index contributed by atoms with van der Waals surface area (Å²) < 4.78 is 4.60. The zero-order valence-electron chi connectivity index (χ0n) is 14.9. The highest BCUT2D eigenvalue weighted by Gasteiger charge is 2.31. The third kappa shape index (κ3) is 2.49. The van der Waals surface area contributed by atoms with Gasteiger partial charge in [-0.1, -0.05) is 6.07 Å². The van der Waals surface area contributed by atoms with E-state index < -0.39 is 0 Å². The van der Waals surface area contributed by atoms with Crippen molar-refractivity contribution in [3.63, 3.8) is 0 Å². The second-order valence-corrected chi connectivity index (χ2v) is 7.44. The maximum atomic E-state index is 5.07. The minimum Gasteiger partial charge on any atom is -0.334 e. The Morgan fingerprint density at radius 2 is 2.08 bits per heavy atom. The van der Waals surface area contributed by atoms with Crippen LogP contribution in [0.4, 0.5) is 0 Å². The summed E-state index contributed by atoms with van der Waals surface area (Å²) in [7, 11) is 2.22. The van der Waals surface area contributed by atoms with Crippen LogP contribution in [-0.4, -0.2) is 30.4 Å². The summed E-state index contributed by atoms with van der Waals surface area (Å²) in [5.74, 6) is 1.28. The molecule has 25 heavy (non-hydrogen) atoms. The molecule has 3 aromatic heterocycles. The molecule has 0 bridgehead atoms. The largest absolute Gasteiger partial charge is 0.334 e. The Labute approximate surface area is 148 Å². The first-order chi connectivity index (χ1) is 12.3. The van der Waals surface area contributed by atoms with Crippen molar-refractivity contribution >= 4 is 5.65 Å². The molecule has 5 heteroatoms. The summed E-state index contributed by atoms with van der Waals surface area (Å²) >= 11 is 0. The molecular formula is C20H25N5. The van der Waals surface area contributed by atoms with Gasteiger partial charge >= 0.3 is 0 Å². The molecule has 2 aliphatic rings. The van der Waals surface area contributed by atoms with Crippen LogP contribution in [0.5, 0.6) is 0 Å². The van der Waals surface area contributed by atoms with E-state index in [9.17, 15) is 0 Å². The Morgan fingerprint density at radius 3 is 3.00 bits per heavy atom. The molecule has 1 fully saturated rings. The molecule has 5 nitrogen and oxygen atoms in total. The van der Waals surface area contributed by atoms with Gasteiger partial charge < -0.3 is 8.97 Å². The highest BCUT2D eigenvalue weighted by atomic mass is 15.2. The van der Waals surface area contributed by atoms with Crippen LogP contribution in [0, 0.1) is 0 Å². The molecule has 5 rings (SSSR count). The standard InChI is InChI=1S/C20H25N5/c1-23-17-8-3-2-7-16(17)22-20(23)18-9-6-11-24(18)14-15-13-21-19-10-4-5-12-25(15)19/h4-5,10,12-13,18H,2-3,6-9,11,14H2,1H3. The van der Waals surface area contributed by atoms with Crippen molar-refractivity contribution in [2.24, 2.45) is 7.05 Å². The number of rotatable bonds is 3. The maximum absolute atomic E-state index is 5.07. The third-order valence-electron chi connectivity index (χ3n) is 5.93. The fourth-order valence-electron chi connectivity index (χ4n) is 4.62. The van der Waals surface area contributed by atoms with E-state index in [2.05, 4.69) is 44.2 Å². The summed E-state index contributed by atoms with van der Waals surface area (Å²) in [6.45, 7) is 2.08. The molecule has 0 saturated carbocycles. The van der Waals surface area contributed by atoms with E-state index in [0.29, 0.717) is 6.04 Å². The van der Waals surface area contributed by atoms with E-state index in [1.54, 1.807) is 0 Å². The van der Waals surface area contributed by atoms with E-state index in [1.165, 1.54) is 55.0 Å². The van der Waals surface area contributed by atoms with Gasteiger partial charge in [0, 0.05) is 25.5 Å². The molecule has 4 heterocycles. The molecule has 0 radical (unpaired) electrons. The van der Waals surface area contributed by atoms with Gasteiger partial charge in [-0.05, 0) is 57.2 Å². The number of hydrogen-bond donors (Lipinski definition) is 0. The van der Waals surface area contributed by atoms with Gasteiger partial charge in [0.25, 0.3) is 0 Å². The van der Waals surface area contributed by atoms with E-state index in [0.717, 1.165) is 25.2 Å². The van der Waals surface area contributed by atoms with E-state index >= 15 is 0 Å². The first-order valence-electron chi connectivity index (χ1n) is 9.50.